The van der Waals surface area contributed by atoms with Crippen molar-refractivity contribution >= 4 is 28.2 Å². The Balaban J connectivity index is 1.73. The highest BCUT2D eigenvalue weighted by atomic mass is 19.1. The summed E-state index contributed by atoms with van der Waals surface area (Å²) in [7, 11) is 5.08. The largest absolute Gasteiger partial charge is 0.497 e. The van der Waals surface area contributed by atoms with Crippen LogP contribution in [0.25, 0.3) is 22.3 Å². The van der Waals surface area contributed by atoms with Gasteiger partial charge in [-0.2, -0.15) is 0 Å². The van der Waals surface area contributed by atoms with Crippen molar-refractivity contribution in [1.29, 1.82) is 0 Å². The van der Waals surface area contributed by atoms with Gasteiger partial charge in [0.25, 0.3) is 0 Å². The summed E-state index contributed by atoms with van der Waals surface area (Å²) in [5.41, 5.74) is 5.01. The highest BCUT2D eigenvalue weighted by Crippen LogP contribution is 2.34. The van der Waals surface area contributed by atoms with Gasteiger partial charge in [0.15, 0.2) is 0 Å². The zero-order chi connectivity index (χ0) is 24.6. The molecule has 0 saturated heterocycles. The van der Waals surface area contributed by atoms with Gasteiger partial charge in [0, 0.05) is 54.9 Å². The van der Waals surface area contributed by atoms with Crippen LogP contribution in [0.4, 0.5) is 21.6 Å². The van der Waals surface area contributed by atoms with Crippen LogP contribution in [-0.4, -0.2) is 56.1 Å². The average molecular weight is 477 g/mol. The summed E-state index contributed by atoms with van der Waals surface area (Å²) in [6.45, 7) is 0.657. The van der Waals surface area contributed by atoms with Crippen molar-refractivity contribution in [2.45, 2.75) is 6.42 Å². The van der Waals surface area contributed by atoms with E-state index in [0.29, 0.717) is 24.6 Å². The topological polar surface area (TPSA) is 84.4 Å². The van der Waals surface area contributed by atoms with Gasteiger partial charge in [0.1, 0.15) is 24.1 Å². The Kier molecular flexibility index (Phi) is 7.89. The molecule has 0 aliphatic rings. The van der Waals surface area contributed by atoms with E-state index in [1.807, 2.05) is 55.6 Å². The number of benzene rings is 2. The Morgan fingerprint density at radius 1 is 0.886 bits per heavy atom. The number of nitrogens with one attached hydrogen (secondary N) is 2. The molecule has 0 saturated carbocycles. The van der Waals surface area contributed by atoms with Crippen molar-refractivity contribution in [3.05, 3.63) is 60.9 Å². The van der Waals surface area contributed by atoms with Crippen molar-refractivity contribution in [3.8, 4) is 22.8 Å². The minimum atomic E-state index is -0.550. The van der Waals surface area contributed by atoms with Gasteiger partial charge in [-0.15, -0.1) is 0 Å². The molecule has 182 valence electrons. The van der Waals surface area contributed by atoms with Crippen LogP contribution in [0, 0.1) is 0 Å². The minimum absolute atomic E-state index is 0.550. The van der Waals surface area contributed by atoms with Crippen molar-refractivity contribution in [2.24, 2.45) is 0 Å². The molecule has 0 radical (unpaired) electrons. The molecule has 4 aromatic rings. The van der Waals surface area contributed by atoms with Crippen LogP contribution in [0.1, 0.15) is 6.42 Å². The van der Waals surface area contributed by atoms with Crippen molar-refractivity contribution < 1.29 is 13.9 Å². The molecule has 0 aliphatic heterocycles. The lowest BCUT2D eigenvalue weighted by atomic mass is 10.1. The Morgan fingerprint density at radius 2 is 1.69 bits per heavy atom. The van der Waals surface area contributed by atoms with E-state index in [9.17, 15) is 4.39 Å². The molecule has 2 aromatic carbocycles. The summed E-state index contributed by atoms with van der Waals surface area (Å²) >= 11 is 0. The molecule has 9 heteroatoms. The molecule has 0 aliphatic carbocycles. The average Bonchev–Trinajstić information content (AvgIpc) is 2.92. The first-order chi connectivity index (χ1) is 17.1. The quantitative estimate of drug-likeness (QED) is 0.236. The zero-order valence-electron chi connectivity index (χ0n) is 20.1. The van der Waals surface area contributed by atoms with Crippen LogP contribution in [-0.2, 0) is 0 Å². The van der Waals surface area contributed by atoms with Gasteiger partial charge in [-0.1, -0.05) is 0 Å². The van der Waals surface area contributed by atoms with Gasteiger partial charge in [-0.3, -0.25) is 10.3 Å². The minimum Gasteiger partial charge on any atom is -0.497 e. The molecule has 0 spiro atoms. The number of alkyl halides is 1. The lowest BCUT2D eigenvalue weighted by Crippen LogP contribution is -2.23. The van der Waals surface area contributed by atoms with E-state index in [2.05, 4.69) is 25.5 Å². The van der Waals surface area contributed by atoms with Gasteiger partial charge >= 0.3 is 0 Å². The van der Waals surface area contributed by atoms with E-state index in [0.717, 1.165) is 45.9 Å². The molecule has 2 aromatic heterocycles. The van der Waals surface area contributed by atoms with Gasteiger partial charge in [-0.25, -0.2) is 14.4 Å². The van der Waals surface area contributed by atoms with Crippen LogP contribution in [0.5, 0.6) is 11.5 Å². The number of hydrogen-bond acceptors (Lipinski definition) is 8. The molecule has 0 atom stereocenters. The number of rotatable bonds is 11. The number of fused-ring (bicyclic) bond motifs is 1. The fraction of sp³-hybridized carbons (Fsp3) is 0.269. The first-order valence-electron chi connectivity index (χ1n) is 11.3. The van der Waals surface area contributed by atoms with Crippen LogP contribution in [0.15, 0.2) is 60.9 Å². The maximum absolute atomic E-state index is 12.6. The normalized spacial score (nSPS) is 10.9. The standard InChI is InChI=1S/C26H29FN6O2/c1-28-26-8-5-18(15-31-26)25-16-30-23-7-6-19(13-24(23)32-25)33(10-4-9-29-17-27)20-11-21(34-2)14-22(12-20)35-3/h5-8,11-16,29H,4,9-10,17H2,1-3H3,(H,28,31). The summed E-state index contributed by atoms with van der Waals surface area (Å²) in [6.07, 6.45) is 4.26. The van der Waals surface area contributed by atoms with Crippen LogP contribution in [0.2, 0.25) is 0 Å². The second kappa shape index (κ2) is 11.4. The first-order valence-corrected chi connectivity index (χ1v) is 11.3. The predicted molar refractivity (Wildman–Crippen MR) is 137 cm³/mol. The molecule has 8 nitrogen and oxygen atoms in total. The Labute approximate surface area is 204 Å². The molecule has 4 rings (SSSR count). The second-order valence-corrected chi connectivity index (χ2v) is 7.82. The highest BCUT2D eigenvalue weighted by Gasteiger charge is 2.14. The molecule has 0 bridgehead atoms. The Morgan fingerprint density at radius 3 is 2.34 bits per heavy atom. The number of nitrogens with zero attached hydrogens (tertiary/aromatic N) is 4. The summed E-state index contributed by atoms with van der Waals surface area (Å²) in [5, 5.41) is 5.76. The second-order valence-electron chi connectivity index (χ2n) is 7.82. The maximum Gasteiger partial charge on any atom is 0.140 e. The molecular formula is C26H29FN6O2. The van der Waals surface area contributed by atoms with E-state index in [1.54, 1.807) is 26.6 Å². The summed E-state index contributed by atoms with van der Waals surface area (Å²) < 4.78 is 23.5. The maximum atomic E-state index is 12.6. The molecule has 0 amide bonds. The molecule has 2 heterocycles. The van der Waals surface area contributed by atoms with Gasteiger partial charge in [0.2, 0.25) is 0 Å². The van der Waals surface area contributed by atoms with E-state index < -0.39 is 6.80 Å². The lowest BCUT2D eigenvalue weighted by molar-refractivity contribution is 0.394. The third-order valence-electron chi connectivity index (χ3n) is 5.63. The predicted octanol–water partition coefficient (Wildman–Crippen LogP) is 4.80. The number of methoxy groups -OCH3 is 2. The number of hydrogen-bond donors (Lipinski definition) is 2. The first kappa shape index (κ1) is 24.2. The van der Waals surface area contributed by atoms with Crippen LogP contribution < -0.4 is 25.0 Å². The van der Waals surface area contributed by atoms with Crippen molar-refractivity contribution in [2.75, 3.05) is 51.4 Å². The smallest absolute Gasteiger partial charge is 0.140 e. The summed E-state index contributed by atoms with van der Waals surface area (Å²) in [4.78, 5) is 16.0. The number of anilines is 3. The number of aromatic nitrogens is 3. The number of halogens is 1. The van der Waals surface area contributed by atoms with Gasteiger partial charge < -0.3 is 19.7 Å². The van der Waals surface area contributed by atoms with E-state index >= 15 is 0 Å². The zero-order valence-corrected chi connectivity index (χ0v) is 20.1. The van der Waals surface area contributed by atoms with Gasteiger partial charge in [0.05, 0.1) is 37.1 Å². The molecule has 0 unspecified atom stereocenters. The van der Waals surface area contributed by atoms with Crippen LogP contribution in [0.3, 0.4) is 0 Å². The summed E-state index contributed by atoms with van der Waals surface area (Å²) in [5.74, 6) is 2.16. The van der Waals surface area contributed by atoms with E-state index in [4.69, 9.17) is 14.5 Å². The van der Waals surface area contributed by atoms with Gasteiger partial charge in [-0.05, 0) is 43.3 Å². The highest BCUT2D eigenvalue weighted by molar-refractivity contribution is 5.82. The van der Waals surface area contributed by atoms with E-state index in [-0.39, 0.29) is 0 Å². The SMILES string of the molecule is CNc1ccc(-c2cnc3ccc(N(CCCNCF)c4cc(OC)cc(OC)c4)cc3n2)cn1. The molecule has 2 N–H and O–H groups in total. The van der Waals surface area contributed by atoms with E-state index in [1.165, 1.54) is 0 Å². The summed E-state index contributed by atoms with van der Waals surface area (Å²) in [6, 6.07) is 15.6. The molecule has 35 heavy (non-hydrogen) atoms. The van der Waals surface area contributed by atoms with Crippen molar-refractivity contribution in [3.63, 3.8) is 0 Å². The monoisotopic (exact) mass is 476 g/mol. The lowest BCUT2D eigenvalue weighted by Gasteiger charge is -2.26. The third-order valence-corrected chi connectivity index (χ3v) is 5.63. The fourth-order valence-electron chi connectivity index (χ4n) is 3.78. The fourth-order valence-corrected chi connectivity index (χ4v) is 3.78. The number of pyridine rings is 1. The Bertz CT molecular complexity index is 1250. The van der Waals surface area contributed by atoms with Crippen LogP contribution >= 0.6 is 0 Å². The number of ether oxygens (including phenoxy) is 2. The molecule has 0 fully saturated rings. The van der Waals surface area contributed by atoms with Crippen molar-refractivity contribution in [1.82, 2.24) is 20.3 Å². The Hall–Kier alpha value is -3.98. The third kappa shape index (κ3) is 5.75. The molecular weight excluding hydrogens is 447 g/mol.